The quantitative estimate of drug-likeness (QED) is 0.360. The maximum absolute atomic E-state index is 11.4. The van der Waals surface area contributed by atoms with Crippen molar-refractivity contribution in [3.8, 4) is 0 Å². The molecule has 0 bridgehead atoms. The van der Waals surface area contributed by atoms with Crippen LogP contribution in [0, 0.1) is 0 Å². The van der Waals surface area contributed by atoms with Gasteiger partial charge in [-0.25, -0.2) is 0 Å². The lowest BCUT2D eigenvalue weighted by molar-refractivity contribution is 0.0884. The van der Waals surface area contributed by atoms with E-state index in [-0.39, 0.29) is 12.8 Å². The normalized spacial score (nSPS) is 15.0. The molecule has 5 heteroatoms. The summed E-state index contributed by atoms with van der Waals surface area (Å²) in [7, 11) is -4.40. The van der Waals surface area contributed by atoms with Gasteiger partial charge < -0.3 is 5.11 Å². The Kier molecular flexibility index (Phi) is 11.4. The van der Waals surface area contributed by atoms with Gasteiger partial charge in [-0.3, -0.25) is 4.55 Å². The monoisotopic (exact) mass is 322 g/mol. The first-order valence-electron chi connectivity index (χ1n) is 8.56. The lowest BCUT2D eigenvalue weighted by Crippen LogP contribution is -2.38. The highest BCUT2D eigenvalue weighted by atomic mass is 32.2. The van der Waals surface area contributed by atoms with Crippen LogP contribution in [-0.4, -0.2) is 23.0 Å². The van der Waals surface area contributed by atoms with E-state index < -0.39 is 15.1 Å². The zero-order valence-electron chi connectivity index (χ0n) is 13.8. The van der Waals surface area contributed by atoms with Crippen LogP contribution in [-0.2, 0) is 10.1 Å². The molecule has 4 nitrogen and oxygen atoms in total. The summed E-state index contributed by atoms with van der Waals surface area (Å²) in [5.74, 6) is 0. The molecule has 0 aliphatic heterocycles. The Morgan fingerprint density at radius 2 is 1.05 bits per heavy atom. The summed E-state index contributed by atoms with van der Waals surface area (Å²) in [4.78, 5) is -1.94. The van der Waals surface area contributed by atoms with Gasteiger partial charge in [-0.15, -0.1) is 0 Å². The van der Waals surface area contributed by atoms with Gasteiger partial charge in [0.15, 0.2) is 4.93 Å². The smallest absolute Gasteiger partial charge is 0.294 e. The minimum absolute atomic E-state index is 0.143. The van der Waals surface area contributed by atoms with Gasteiger partial charge in [-0.1, -0.05) is 71.6 Å². The number of hydrogen-bond acceptors (Lipinski definition) is 3. The first-order chi connectivity index (χ1) is 9.87. The van der Waals surface area contributed by atoms with Crippen LogP contribution in [0.5, 0.6) is 0 Å². The number of hydrogen-bond donors (Lipinski definition) is 2. The Labute approximate surface area is 131 Å². The van der Waals surface area contributed by atoms with Crippen molar-refractivity contribution in [2.24, 2.45) is 0 Å². The molecular weight excluding hydrogens is 288 g/mol. The van der Waals surface area contributed by atoms with Crippen LogP contribution in [0.15, 0.2) is 0 Å². The Bertz CT molecular complexity index is 340. The van der Waals surface area contributed by atoms with Crippen molar-refractivity contribution in [1.82, 2.24) is 0 Å². The van der Waals surface area contributed by atoms with E-state index in [1.54, 1.807) is 0 Å². The zero-order valence-corrected chi connectivity index (χ0v) is 14.6. The van der Waals surface area contributed by atoms with Crippen LogP contribution in [0.2, 0.25) is 0 Å². The van der Waals surface area contributed by atoms with Crippen molar-refractivity contribution in [3.05, 3.63) is 0 Å². The molecule has 0 amide bonds. The number of unbranched alkanes of at least 4 members (excludes halogenated alkanes) is 9. The molecule has 0 aromatic carbocycles. The van der Waals surface area contributed by atoms with E-state index in [0.29, 0.717) is 12.8 Å². The standard InChI is InChI=1S/C16H34O4S/c1-3-5-7-9-11-13-15-16(17,21(18,19)20)14-12-10-8-6-4-2/h17H,3-15H2,1-2H3,(H,18,19,20). The minimum atomic E-state index is -4.40. The zero-order chi connectivity index (χ0) is 16.2. The third-order valence-electron chi connectivity index (χ3n) is 4.07. The maximum Gasteiger partial charge on any atom is 0.294 e. The molecule has 0 aliphatic rings. The molecular formula is C16H34O4S. The maximum atomic E-state index is 11.4. The third kappa shape index (κ3) is 9.48. The third-order valence-corrected chi connectivity index (χ3v) is 5.44. The van der Waals surface area contributed by atoms with Gasteiger partial charge >= 0.3 is 0 Å². The largest absolute Gasteiger partial charge is 0.372 e. The Morgan fingerprint density at radius 3 is 1.38 bits per heavy atom. The second-order valence-corrected chi connectivity index (χ2v) is 7.81. The topological polar surface area (TPSA) is 74.6 Å². The van der Waals surface area contributed by atoms with E-state index >= 15 is 0 Å². The second kappa shape index (κ2) is 11.4. The Hall–Kier alpha value is -0.130. The van der Waals surface area contributed by atoms with E-state index in [1.807, 2.05) is 0 Å². The van der Waals surface area contributed by atoms with E-state index in [1.165, 1.54) is 12.8 Å². The van der Waals surface area contributed by atoms with Gasteiger partial charge in [0.25, 0.3) is 10.1 Å². The molecule has 0 saturated heterocycles. The van der Waals surface area contributed by atoms with Crippen molar-refractivity contribution >= 4 is 10.1 Å². The fraction of sp³-hybridized carbons (Fsp3) is 1.00. The highest BCUT2D eigenvalue weighted by molar-refractivity contribution is 7.87. The Morgan fingerprint density at radius 1 is 0.714 bits per heavy atom. The van der Waals surface area contributed by atoms with E-state index in [9.17, 15) is 18.1 Å². The van der Waals surface area contributed by atoms with Gasteiger partial charge in [0.1, 0.15) is 0 Å². The summed E-state index contributed by atoms with van der Waals surface area (Å²) in [6.07, 6.45) is 11.3. The first-order valence-corrected chi connectivity index (χ1v) is 10.0. The fourth-order valence-electron chi connectivity index (χ4n) is 2.57. The predicted molar refractivity (Wildman–Crippen MR) is 87.9 cm³/mol. The highest BCUT2D eigenvalue weighted by Crippen LogP contribution is 2.28. The summed E-state index contributed by atoms with van der Waals surface area (Å²) in [6.45, 7) is 4.27. The molecule has 0 heterocycles. The molecule has 0 rings (SSSR count). The SMILES string of the molecule is CCCCCCCCC(O)(CCCCCCC)S(=O)(=O)O. The molecule has 1 unspecified atom stereocenters. The lowest BCUT2D eigenvalue weighted by atomic mass is 10.0. The molecule has 0 saturated carbocycles. The second-order valence-electron chi connectivity index (χ2n) is 6.10. The Balaban J connectivity index is 4.12. The number of aliphatic hydroxyl groups is 1. The first kappa shape index (κ1) is 20.9. The van der Waals surface area contributed by atoms with Crippen LogP contribution in [0.3, 0.4) is 0 Å². The number of rotatable bonds is 14. The summed E-state index contributed by atoms with van der Waals surface area (Å²) in [5, 5.41) is 10.3. The molecule has 0 radical (unpaired) electrons. The van der Waals surface area contributed by atoms with Crippen molar-refractivity contribution in [2.75, 3.05) is 0 Å². The average molecular weight is 323 g/mol. The summed E-state index contributed by atoms with van der Waals surface area (Å²) >= 11 is 0. The van der Waals surface area contributed by atoms with Gasteiger partial charge in [0.05, 0.1) is 0 Å². The average Bonchev–Trinajstić information content (AvgIpc) is 2.41. The summed E-state index contributed by atoms with van der Waals surface area (Å²) in [5.41, 5.74) is 0. The molecule has 21 heavy (non-hydrogen) atoms. The van der Waals surface area contributed by atoms with Gasteiger partial charge in [-0.05, 0) is 25.7 Å². The molecule has 128 valence electrons. The molecule has 0 aliphatic carbocycles. The van der Waals surface area contributed by atoms with E-state index in [4.69, 9.17) is 0 Å². The van der Waals surface area contributed by atoms with Crippen LogP contribution >= 0.6 is 0 Å². The van der Waals surface area contributed by atoms with Crippen molar-refractivity contribution in [3.63, 3.8) is 0 Å². The predicted octanol–water partition coefficient (Wildman–Crippen LogP) is 4.67. The van der Waals surface area contributed by atoms with E-state index in [0.717, 1.165) is 44.9 Å². The molecule has 2 N–H and O–H groups in total. The molecule has 0 aromatic rings. The fourth-order valence-corrected chi connectivity index (χ4v) is 3.37. The molecule has 0 aromatic heterocycles. The van der Waals surface area contributed by atoms with Crippen LogP contribution in [0.1, 0.15) is 97.3 Å². The lowest BCUT2D eigenvalue weighted by Gasteiger charge is -2.24. The minimum Gasteiger partial charge on any atom is -0.372 e. The molecule has 0 fully saturated rings. The van der Waals surface area contributed by atoms with Crippen LogP contribution < -0.4 is 0 Å². The summed E-state index contributed by atoms with van der Waals surface area (Å²) < 4.78 is 32.2. The highest BCUT2D eigenvalue weighted by Gasteiger charge is 2.39. The van der Waals surface area contributed by atoms with E-state index in [2.05, 4.69) is 13.8 Å². The van der Waals surface area contributed by atoms with Crippen molar-refractivity contribution < 1.29 is 18.1 Å². The van der Waals surface area contributed by atoms with Gasteiger partial charge in [-0.2, -0.15) is 8.42 Å². The van der Waals surface area contributed by atoms with Crippen LogP contribution in [0.25, 0.3) is 0 Å². The molecule has 0 spiro atoms. The van der Waals surface area contributed by atoms with Gasteiger partial charge in [0.2, 0.25) is 0 Å². The van der Waals surface area contributed by atoms with Crippen molar-refractivity contribution in [1.29, 1.82) is 0 Å². The molecule has 1 atom stereocenters. The van der Waals surface area contributed by atoms with Crippen molar-refractivity contribution in [2.45, 2.75) is 102 Å². The van der Waals surface area contributed by atoms with Gasteiger partial charge in [0, 0.05) is 0 Å². The summed E-state index contributed by atoms with van der Waals surface area (Å²) in [6, 6.07) is 0. The van der Waals surface area contributed by atoms with Crippen LogP contribution in [0.4, 0.5) is 0 Å².